The molecule has 2 rings (SSSR count). The monoisotopic (exact) mass is 296 g/mol. The number of rotatable bonds is 2. The van der Waals surface area contributed by atoms with Gasteiger partial charge in [0.25, 0.3) is 0 Å². The summed E-state index contributed by atoms with van der Waals surface area (Å²) >= 11 is 0. The molecule has 0 aromatic rings. The van der Waals surface area contributed by atoms with Crippen LogP contribution in [0.15, 0.2) is 0 Å². The van der Waals surface area contributed by atoms with Gasteiger partial charge in [0.15, 0.2) is 0 Å². The molecule has 2 heterocycles. The Hall–Kier alpha value is -1.06. The van der Waals surface area contributed by atoms with E-state index in [9.17, 15) is 9.59 Å². The Morgan fingerprint density at radius 3 is 2.19 bits per heavy atom. The highest BCUT2D eigenvalue weighted by Gasteiger charge is 2.25. The van der Waals surface area contributed by atoms with Crippen molar-refractivity contribution in [2.24, 2.45) is 23.7 Å². The molecule has 0 aromatic carbocycles. The number of likely N-dealkylation sites (tertiary alicyclic amines) is 1. The van der Waals surface area contributed by atoms with E-state index in [0.29, 0.717) is 17.7 Å². The third kappa shape index (κ3) is 5.68. The first-order valence-electron chi connectivity index (χ1n) is 8.34. The lowest BCUT2D eigenvalue weighted by Gasteiger charge is -2.31. The van der Waals surface area contributed by atoms with Gasteiger partial charge in [-0.15, -0.1) is 0 Å². The van der Waals surface area contributed by atoms with Crippen molar-refractivity contribution in [3.8, 4) is 0 Å². The fourth-order valence-corrected chi connectivity index (χ4v) is 3.02. The molecule has 0 aliphatic carbocycles. The lowest BCUT2D eigenvalue weighted by atomic mass is 9.88. The van der Waals surface area contributed by atoms with Gasteiger partial charge in [0.2, 0.25) is 11.8 Å². The molecule has 0 bridgehead atoms. The fraction of sp³-hybridized carbons (Fsp3) is 0.882. The fourth-order valence-electron chi connectivity index (χ4n) is 3.02. The van der Waals surface area contributed by atoms with Crippen molar-refractivity contribution >= 4 is 11.8 Å². The molecular weight excluding hydrogens is 264 g/mol. The van der Waals surface area contributed by atoms with Gasteiger partial charge in [0.05, 0.1) is 0 Å². The lowest BCUT2D eigenvalue weighted by molar-refractivity contribution is -0.133. The van der Waals surface area contributed by atoms with Gasteiger partial charge in [-0.25, -0.2) is 0 Å². The molecule has 2 aliphatic heterocycles. The van der Waals surface area contributed by atoms with Crippen molar-refractivity contribution in [1.29, 1.82) is 0 Å². The van der Waals surface area contributed by atoms with Gasteiger partial charge in [-0.1, -0.05) is 27.7 Å². The van der Waals surface area contributed by atoms with Crippen LogP contribution in [0.2, 0.25) is 0 Å². The maximum Gasteiger partial charge on any atom is 0.223 e. The van der Waals surface area contributed by atoms with Crippen LogP contribution in [0.25, 0.3) is 0 Å². The van der Waals surface area contributed by atoms with Gasteiger partial charge in [0.1, 0.15) is 0 Å². The molecule has 2 saturated heterocycles. The van der Waals surface area contributed by atoms with Crippen molar-refractivity contribution in [3.63, 3.8) is 0 Å². The third-order valence-corrected chi connectivity index (χ3v) is 4.74. The molecule has 2 fully saturated rings. The summed E-state index contributed by atoms with van der Waals surface area (Å²) in [6.45, 7) is 10.5. The molecule has 2 atom stereocenters. The van der Waals surface area contributed by atoms with E-state index in [1.807, 2.05) is 11.9 Å². The van der Waals surface area contributed by atoms with E-state index in [2.05, 4.69) is 33.0 Å². The molecule has 2 aliphatic rings. The average molecular weight is 296 g/mol. The van der Waals surface area contributed by atoms with Gasteiger partial charge in [-0.3, -0.25) is 9.59 Å². The van der Waals surface area contributed by atoms with E-state index >= 15 is 0 Å². The van der Waals surface area contributed by atoms with Gasteiger partial charge in [-0.2, -0.15) is 0 Å². The Morgan fingerprint density at radius 2 is 1.76 bits per heavy atom. The van der Waals surface area contributed by atoms with Crippen molar-refractivity contribution in [1.82, 2.24) is 10.2 Å². The quantitative estimate of drug-likeness (QED) is 0.851. The second-order valence-electron chi connectivity index (χ2n) is 7.10. The highest BCUT2D eigenvalue weighted by atomic mass is 16.2. The highest BCUT2D eigenvalue weighted by Crippen LogP contribution is 2.23. The molecule has 122 valence electrons. The summed E-state index contributed by atoms with van der Waals surface area (Å²) in [5.41, 5.74) is 0. The SMILES string of the molecule is CC(C)C1CCC(=O)N(C)C1.CC(C)C1CCCNC1=O. The summed E-state index contributed by atoms with van der Waals surface area (Å²) in [4.78, 5) is 24.1. The van der Waals surface area contributed by atoms with E-state index < -0.39 is 0 Å². The van der Waals surface area contributed by atoms with Gasteiger partial charge >= 0.3 is 0 Å². The van der Waals surface area contributed by atoms with E-state index in [-0.39, 0.29) is 11.8 Å². The van der Waals surface area contributed by atoms with Crippen molar-refractivity contribution in [3.05, 3.63) is 0 Å². The maximum absolute atomic E-state index is 11.1. The summed E-state index contributed by atoms with van der Waals surface area (Å²) in [6, 6.07) is 0. The number of nitrogens with one attached hydrogen (secondary N) is 1. The van der Waals surface area contributed by atoms with E-state index in [4.69, 9.17) is 0 Å². The zero-order chi connectivity index (χ0) is 16.0. The van der Waals surface area contributed by atoms with Crippen molar-refractivity contribution < 1.29 is 9.59 Å². The number of piperidine rings is 2. The molecule has 0 spiro atoms. The topological polar surface area (TPSA) is 49.4 Å². The van der Waals surface area contributed by atoms with Crippen LogP contribution in [-0.4, -0.2) is 36.9 Å². The smallest absolute Gasteiger partial charge is 0.223 e. The predicted molar refractivity (Wildman–Crippen MR) is 85.8 cm³/mol. The number of carbonyl (C=O) groups excluding carboxylic acids is 2. The summed E-state index contributed by atoms with van der Waals surface area (Å²) in [5, 5.41) is 2.87. The number of hydrogen-bond donors (Lipinski definition) is 1. The van der Waals surface area contributed by atoms with Gasteiger partial charge in [0, 0.05) is 32.5 Å². The van der Waals surface area contributed by atoms with Crippen molar-refractivity contribution in [2.45, 2.75) is 53.4 Å². The zero-order valence-corrected chi connectivity index (χ0v) is 14.3. The average Bonchev–Trinajstić information content (AvgIpc) is 2.42. The minimum atomic E-state index is 0.251. The Bertz CT molecular complexity index is 353. The summed E-state index contributed by atoms with van der Waals surface area (Å²) in [6.07, 6.45) is 4.05. The normalized spacial score (nSPS) is 26.5. The summed E-state index contributed by atoms with van der Waals surface area (Å²) in [7, 11) is 1.90. The molecule has 0 aromatic heterocycles. The van der Waals surface area contributed by atoms with Crippen LogP contribution >= 0.6 is 0 Å². The Labute approximate surface area is 129 Å². The molecule has 1 N–H and O–H groups in total. The van der Waals surface area contributed by atoms with Crippen molar-refractivity contribution in [2.75, 3.05) is 20.1 Å². The molecule has 0 radical (unpaired) electrons. The minimum Gasteiger partial charge on any atom is -0.356 e. The molecule has 4 heteroatoms. The predicted octanol–water partition coefficient (Wildman–Crippen LogP) is 2.68. The van der Waals surface area contributed by atoms with Gasteiger partial charge in [-0.05, 0) is 37.0 Å². The second-order valence-corrected chi connectivity index (χ2v) is 7.10. The second kappa shape index (κ2) is 8.40. The lowest BCUT2D eigenvalue weighted by Crippen LogP contribution is -2.38. The maximum atomic E-state index is 11.1. The number of carbonyl (C=O) groups is 2. The first-order chi connectivity index (χ1) is 9.82. The number of nitrogens with zero attached hydrogens (tertiary/aromatic N) is 1. The highest BCUT2D eigenvalue weighted by molar-refractivity contribution is 5.79. The summed E-state index contributed by atoms with van der Waals surface area (Å²) < 4.78 is 0. The molecular formula is C17H32N2O2. The molecule has 2 unspecified atom stereocenters. The summed E-state index contributed by atoms with van der Waals surface area (Å²) in [5.74, 6) is 2.76. The van der Waals surface area contributed by atoms with Crippen LogP contribution in [0.1, 0.15) is 53.4 Å². The van der Waals surface area contributed by atoms with Gasteiger partial charge < -0.3 is 10.2 Å². The molecule has 2 amide bonds. The minimum absolute atomic E-state index is 0.251. The van der Waals surface area contributed by atoms with E-state index in [0.717, 1.165) is 44.7 Å². The Balaban J connectivity index is 0.000000211. The van der Waals surface area contributed by atoms with Crippen LogP contribution < -0.4 is 5.32 Å². The van der Waals surface area contributed by atoms with Crippen LogP contribution in [0.4, 0.5) is 0 Å². The van der Waals surface area contributed by atoms with Crippen LogP contribution in [0.5, 0.6) is 0 Å². The van der Waals surface area contributed by atoms with Crippen LogP contribution in [0.3, 0.4) is 0 Å². The molecule has 0 saturated carbocycles. The first kappa shape index (κ1) is 18.0. The number of amides is 2. The largest absolute Gasteiger partial charge is 0.356 e. The van der Waals surface area contributed by atoms with E-state index in [1.165, 1.54) is 0 Å². The Kier molecular flexibility index (Phi) is 7.20. The first-order valence-corrected chi connectivity index (χ1v) is 8.34. The van der Waals surface area contributed by atoms with Crippen LogP contribution in [0, 0.1) is 23.7 Å². The molecule has 4 nitrogen and oxygen atoms in total. The Morgan fingerprint density at radius 1 is 1.10 bits per heavy atom. The van der Waals surface area contributed by atoms with Crippen LogP contribution in [-0.2, 0) is 9.59 Å². The zero-order valence-electron chi connectivity index (χ0n) is 14.3. The third-order valence-electron chi connectivity index (χ3n) is 4.74. The van der Waals surface area contributed by atoms with E-state index in [1.54, 1.807) is 0 Å². The molecule has 21 heavy (non-hydrogen) atoms. The number of hydrogen-bond acceptors (Lipinski definition) is 2. The standard InChI is InChI=1S/C9H17NO.C8H15NO/c1-7(2)8-4-5-9(11)10(3)6-8;1-6(2)7-4-3-5-9-8(7)10/h7-8H,4-6H2,1-3H3;6-7H,3-5H2,1-2H3,(H,9,10).